The predicted molar refractivity (Wildman–Crippen MR) is 85.9 cm³/mol. The number of benzene rings is 2. The molecule has 0 saturated heterocycles. The van der Waals surface area contributed by atoms with E-state index in [-0.39, 0.29) is 11.6 Å². The summed E-state index contributed by atoms with van der Waals surface area (Å²) in [6, 6.07) is 13.5. The van der Waals surface area contributed by atoms with Crippen LogP contribution in [0.2, 0.25) is 0 Å². The lowest BCUT2D eigenvalue weighted by Gasteiger charge is -2.06. The molecule has 0 aliphatic heterocycles. The van der Waals surface area contributed by atoms with Crippen LogP contribution in [-0.2, 0) is 22.3 Å². The van der Waals surface area contributed by atoms with Crippen LogP contribution < -0.4 is 4.72 Å². The van der Waals surface area contributed by atoms with Crippen molar-refractivity contribution in [3.8, 4) is 0 Å². The summed E-state index contributed by atoms with van der Waals surface area (Å²) < 4.78 is 28.4. The van der Waals surface area contributed by atoms with E-state index in [2.05, 4.69) is 15.0 Å². The smallest absolute Gasteiger partial charge is 0.238 e. The van der Waals surface area contributed by atoms with Gasteiger partial charge in [0.1, 0.15) is 0 Å². The van der Waals surface area contributed by atoms with Crippen molar-refractivity contribution < 1.29 is 8.42 Å². The second-order valence-corrected chi connectivity index (χ2v) is 6.72. The molecule has 3 rings (SSSR count). The van der Waals surface area contributed by atoms with Gasteiger partial charge in [-0.3, -0.25) is 9.40 Å². The standard InChI is InChI=1S/C15H16N4O2S/c1-2-19-10-15(16-18-19)17-22(20,21)11-12-7-8-13-5-3-4-6-14(13)9-12/h3-10,17H,2,11H2,1H3. The van der Waals surface area contributed by atoms with E-state index in [1.807, 2.05) is 49.4 Å². The minimum Gasteiger partial charge on any atom is -0.264 e. The Morgan fingerprint density at radius 1 is 1.14 bits per heavy atom. The fourth-order valence-corrected chi connectivity index (χ4v) is 3.35. The Kier molecular flexibility index (Phi) is 3.81. The largest absolute Gasteiger partial charge is 0.264 e. The first-order valence-electron chi connectivity index (χ1n) is 6.94. The fraction of sp³-hybridized carbons (Fsp3) is 0.200. The van der Waals surface area contributed by atoms with Crippen LogP contribution in [-0.4, -0.2) is 23.4 Å². The molecule has 1 N–H and O–H groups in total. The van der Waals surface area contributed by atoms with Gasteiger partial charge in [-0.25, -0.2) is 8.42 Å². The highest BCUT2D eigenvalue weighted by Gasteiger charge is 2.14. The summed E-state index contributed by atoms with van der Waals surface area (Å²) in [6.45, 7) is 2.54. The van der Waals surface area contributed by atoms with Crippen LogP contribution >= 0.6 is 0 Å². The molecule has 6 nitrogen and oxygen atoms in total. The third-order valence-corrected chi connectivity index (χ3v) is 4.53. The zero-order valence-corrected chi connectivity index (χ0v) is 12.9. The zero-order chi connectivity index (χ0) is 15.6. The Morgan fingerprint density at radius 3 is 2.64 bits per heavy atom. The molecule has 0 amide bonds. The molecule has 2 aromatic carbocycles. The molecule has 22 heavy (non-hydrogen) atoms. The van der Waals surface area contributed by atoms with Crippen molar-refractivity contribution in [2.75, 3.05) is 4.72 Å². The highest BCUT2D eigenvalue weighted by Crippen LogP contribution is 2.18. The first-order valence-corrected chi connectivity index (χ1v) is 8.59. The molecule has 0 atom stereocenters. The van der Waals surface area contributed by atoms with E-state index in [1.54, 1.807) is 10.9 Å². The highest BCUT2D eigenvalue weighted by atomic mass is 32.2. The number of fused-ring (bicyclic) bond motifs is 1. The average molecular weight is 316 g/mol. The number of rotatable bonds is 5. The molecule has 1 heterocycles. The summed E-state index contributed by atoms with van der Waals surface area (Å²) in [6.07, 6.45) is 1.57. The zero-order valence-electron chi connectivity index (χ0n) is 12.1. The maximum absolute atomic E-state index is 12.2. The Balaban J connectivity index is 1.80. The lowest BCUT2D eigenvalue weighted by molar-refractivity contribution is 0.600. The van der Waals surface area contributed by atoms with Crippen molar-refractivity contribution in [2.24, 2.45) is 0 Å². The van der Waals surface area contributed by atoms with Gasteiger partial charge >= 0.3 is 0 Å². The topological polar surface area (TPSA) is 76.9 Å². The second-order valence-electron chi connectivity index (χ2n) is 5.00. The van der Waals surface area contributed by atoms with Crippen molar-refractivity contribution in [2.45, 2.75) is 19.2 Å². The summed E-state index contributed by atoms with van der Waals surface area (Å²) in [7, 11) is -3.52. The SMILES string of the molecule is CCn1cc(NS(=O)(=O)Cc2ccc3ccccc3c2)nn1. The molecule has 0 radical (unpaired) electrons. The van der Waals surface area contributed by atoms with Gasteiger partial charge in [-0.2, -0.15) is 0 Å². The fourth-order valence-electron chi connectivity index (χ4n) is 2.24. The van der Waals surface area contributed by atoms with Gasteiger partial charge in [0.15, 0.2) is 5.82 Å². The Labute approximate surface area is 128 Å². The molecular formula is C15H16N4O2S. The van der Waals surface area contributed by atoms with E-state index in [9.17, 15) is 8.42 Å². The quantitative estimate of drug-likeness (QED) is 0.784. The van der Waals surface area contributed by atoms with Crippen LogP contribution in [0.3, 0.4) is 0 Å². The van der Waals surface area contributed by atoms with Gasteiger partial charge in [-0.1, -0.05) is 47.7 Å². The average Bonchev–Trinajstić information content (AvgIpc) is 2.93. The van der Waals surface area contributed by atoms with E-state index < -0.39 is 10.0 Å². The van der Waals surface area contributed by atoms with Crippen molar-refractivity contribution >= 4 is 26.6 Å². The number of sulfonamides is 1. The van der Waals surface area contributed by atoms with E-state index in [4.69, 9.17) is 0 Å². The molecular weight excluding hydrogens is 300 g/mol. The molecule has 0 bridgehead atoms. The third-order valence-electron chi connectivity index (χ3n) is 3.29. The number of hydrogen-bond donors (Lipinski definition) is 1. The van der Waals surface area contributed by atoms with Gasteiger partial charge in [0.2, 0.25) is 10.0 Å². The summed E-state index contributed by atoms with van der Waals surface area (Å²) in [4.78, 5) is 0. The van der Waals surface area contributed by atoms with Gasteiger partial charge in [-0.05, 0) is 23.3 Å². The molecule has 0 unspecified atom stereocenters. The van der Waals surface area contributed by atoms with Crippen molar-refractivity contribution in [3.63, 3.8) is 0 Å². The number of nitrogens with one attached hydrogen (secondary N) is 1. The molecule has 0 saturated carbocycles. The van der Waals surface area contributed by atoms with Crippen molar-refractivity contribution in [1.29, 1.82) is 0 Å². The molecule has 3 aromatic rings. The summed E-state index contributed by atoms with van der Waals surface area (Å²) in [5.41, 5.74) is 0.731. The first kappa shape index (κ1) is 14.5. The molecule has 0 fully saturated rings. The normalized spacial score (nSPS) is 11.7. The second kappa shape index (κ2) is 5.76. The molecule has 1 aromatic heterocycles. The molecule has 7 heteroatoms. The van der Waals surface area contributed by atoms with Crippen molar-refractivity contribution in [1.82, 2.24) is 15.0 Å². The Bertz CT molecular complexity index is 903. The number of aryl methyl sites for hydroxylation is 1. The number of aromatic nitrogens is 3. The summed E-state index contributed by atoms with van der Waals surface area (Å²) >= 11 is 0. The Morgan fingerprint density at radius 2 is 1.91 bits per heavy atom. The van der Waals surface area contributed by atoms with Crippen LogP contribution in [0.25, 0.3) is 10.8 Å². The minimum atomic E-state index is -3.52. The van der Waals surface area contributed by atoms with Gasteiger partial charge in [-0.15, -0.1) is 5.10 Å². The van der Waals surface area contributed by atoms with Crippen LogP contribution in [0.15, 0.2) is 48.7 Å². The lowest BCUT2D eigenvalue weighted by Crippen LogP contribution is -2.15. The highest BCUT2D eigenvalue weighted by molar-refractivity contribution is 7.91. The Hall–Kier alpha value is -2.41. The van der Waals surface area contributed by atoms with Crippen LogP contribution in [0.5, 0.6) is 0 Å². The summed E-state index contributed by atoms with van der Waals surface area (Å²) in [5, 5.41) is 9.70. The summed E-state index contributed by atoms with van der Waals surface area (Å²) in [5.74, 6) is 0.138. The monoisotopic (exact) mass is 316 g/mol. The van der Waals surface area contributed by atoms with Crippen LogP contribution in [0.4, 0.5) is 5.82 Å². The van der Waals surface area contributed by atoms with E-state index in [0.29, 0.717) is 6.54 Å². The van der Waals surface area contributed by atoms with Gasteiger partial charge in [0.25, 0.3) is 0 Å². The maximum atomic E-state index is 12.2. The molecule has 0 aliphatic carbocycles. The molecule has 0 aliphatic rings. The third kappa shape index (κ3) is 3.25. The van der Waals surface area contributed by atoms with E-state index >= 15 is 0 Å². The lowest BCUT2D eigenvalue weighted by atomic mass is 10.1. The van der Waals surface area contributed by atoms with E-state index in [1.165, 1.54) is 0 Å². The predicted octanol–water partition coefficient (Wildman–Crippen LogP) is 2.39. The van der Waals surface area contributed by atoms with E-state index in [0.717, 1.165) is 16.3 Å². The molecule has 0 spiro atoms. The number of anilines is 1. The number of nitrogens with zero attached hydrogens (tertiary/aromatic N) is 3. The minimum absolute atomic E-state index is 0.100. The molecule has 114 valence electrons. The number of hydrogen-bond acceptors (Lipinski definition) is 4. The van der Waals surface area contributed by atoms with Crippen LogP contribution in [0.1, 0.15) is 12.5 Å². The van der Waals surface area contributed by atoms with Gasteiger partial charge in [0.05, 0.1) is 11.9 Å². The first-order chi connectivity index (χ1) is 10.6. The van der Waals surface area contributed by atoms with Gasteiger partial charge in [0, 0.05) is 6.54 Å². The van der Waals surface area contributed by atoms with Crippen LogP contribution in [0, 0.1) is 0 Å². The maximum Gasteiger partial charge on any atom is 0.238 e. The van der Waals surface area contributed by atoms with Crippen molar-refractivity contribution in [3.05, 3.63) is 54.2 Å². The van der Waals surface area contributed by atoms with Gasteiger partial charge < -0.3 is 0 Å².